The Balaban J connectivity index is 1.39. The SMILES string of the molecule is Cc1cc(Nc2ncc3cc(Cl)c([C@@H]4CCN([C@]5(C)COC[C@@H]5O)C[C@H]4F)cc3n2)n(C)n1. The minimum Gasteiger partial charge on any atom is -0.389 e. The van der Waals surface area contributed by atoms with Gasteiger partial charge in [-0.05, 0) is 44.5 Å². The van der Waals surface area contributed by atoms with Gasteiger partial charge in [0.05, 0.1) is 36.1 Å². The van der Waals surface area contributed by atoms with Gasteiger partial charge in [-0.2, -0.15) is 5.10 Å². The molecule has 2 aromatic heterocycles. The standard InChI is InChI=1S/C23H28ClFN6O2/c1-13-6-21(30(3)29-13)28-22-26-9-14-7-17(24)16(8-19(14)27-22)15-4-5-31(10-18(15)25)23(2)12-33-11-20(23)32/h6-9,15,18,20,32H,4-5,10-12H2,1-3H3,(H,26,27,28)/t15-,18+,20-,23+/m0/s1. The Kier molecular flexibility index (Phi) is 5.76. The van der Waals surface area contributed by atoms with Crippen LogP contribution in [0.3, 0.4) is 0 Å². The average Bonchev–Trinajstić information content (AvgIpc) is 3.28. The smallest absolute Gasteiger partial charge is 0.228 e. The number of nitrogens with zero attached hydrogens (tertiary/aromatic N) is 5. The number of aryl methyl sites for hydroxylation is 2. The van der Waals surface area contributed by atoms with Crippen molar-refractivity contribution < 1.29 is 14.2 Å². The Morgan fingerprint density at radius 1 is 1.33 bits per heavy atom. The Hall–Kier alpha value is -2.33. The predicted molar refractivity (Wildman–Crippen MR) is 125 cm³/mol. The van der Waals surface area contributed by atoms with E-state index in [0.29, 0.717) is 42.7 Å². The molecule has 0 aliphatic carbocycles. The molecule has 5 rings (SSSR count). The fourth-order valence-electron chi connectivity index (χ4n) is 4.93. The summed E-state index contributed by atoms with van der Waals surface area (Å²) in [4.78, 5) is 11.0. The number of fused-ring (bicyclic) bond motifs is 1. The third-order valence-electron chi connectivity index (χ3n) is 6.99. The Morgan fingerprint density at radius 3 is 2.82 bits per heavy atom. The molecule has 0 radical (unpaired) electrons. The van der Waals surface area contributed by atoms with E-state index in [1.165, 1.54) is 0 Å². The molecule has 33 heavy (non-hydrogen) atoms. The highest BCUT2D eigenvalue weighted by molar-refractivity contribution is 6.32. The van der Waals surface area contributed by atoms with Gasteiger partial charge >= 0.3 is 0 Å². The van der Waals surface area contributed by atoms with E-state index in [1.807, 2.05) is 37.9 Å². The van der Waals surface area contributed by atoms with Crippen molar-refractivity contribution in [2.45, 2.75) is 44.0 Å². The number of ether oxygens (including phenoxy) is 1. The van der Waals surface area contributed by atoms with Gasteiger partial charge in [0.15, 0.2) is 0 Å². The van der Waals surface area contributed by atoms with Crippen LogP contribution in [0.2, 0.25) is 5.02 Å². The second-order valence-electron chi connectivity index (χ2n) is 9.29. The molecule has 2 saturated heterocycles. The van der Waals surface area contributed by atoms with Gasteiger partial charge in [-0.1, -0.05) is 11.6 Å². The van der Waals surface area contributed by atoms with Gasteiger partial charge in [-0.25, -0.2) is 14.4 Å². The molecular formula is C23H28ClFN6O2. The normalized spacial score (nSPS) is 28.5. The summed E-state index contributed by atoms with van der Waals surface area (Å²) in [5.74, 6) is 0.879. The number of alkyl halides is 1. The molecule has 10 heteroatoms. The molecule has 0 saturated carbocycles. The monoisotopic (exact) mass is 474 g/mol. The Bertz CT molecular complexity index is 1190. The molecule has 2 fully saturated rings. The largest absolute Gasteiger partial charge is 0.389 e. The number of anilines is 2. The average molecular weight is 475 g/mol. The molecule has 3 aromatic rings. The number of benzene rings is 1. The van der Waals surface area contributed by atoms with Gasteiger partial charge in [0.1, 0.15) is 12.0 Å². The summed E-state index contributed by atoms with van der Waals surface area (Å²) >= 11 is 6.59. The number of likely N-dealkylation sites (tertiary alicyclic amines) is 1. The van der Waals surface area contributed by atoms with E-state index in [0.717, 1.165) is 22.5 Å². The van der Waals surface area contributed by atoms with Crippen LogP contribution < -0.4 is 5.32 Å². The highest BCUT2D eigenvalue weighted by Crippen LogP contribution is 2.39. The van der Waals surface area contributed by atoms with Crippen LogP contribution in [0.1, 0.15) is 30.5 Å². The summed E-state index contributed by atoms with van der Waals surface area (Å²) in [5.41, 5.74) is 1.79. The third kappa shape index (κ3) is 4.07. The molecule has 2 N–H and O–H groups in total. The Labute approximate surface area is 196 Å². The maximum absolute atomic E-state index is 15.5. The summed E-state index contributed by atoms with van der Waals surface area (Å²) < 4.78 is 22.6. The van der Waals surface area contributed by atoms with Crippen LogP contribution in [0.15, 0.2) is 24.4 Å². The lowest BCUT2D eigenvalue weighted by molar-refractivity contribution is -0.0237. The number of rotatable bonds is 4. The van der Waals surface area contributed by atoms with E-state index in [4.69, 9.17) is 16.3 Å². The minimum absolute atomic E-state index is 0.229. The van der Waals surface area contributed by atoms with E-state index in [9.17, 15) is 5.11 Å². The third-order valence-corrected chi connectivity index (χ3v) is 7.32. The first-order valence-electron chi connectivity index (χ1n) is 11.1. The number of aromatic nitrogens is 4. The highest BCUT2D eigenvalue weighted by atomic mass is 35.5. The first-order valence-corrected chi connectivity index (χ1v) is 11.5. The van der Waals surface area contributed by atoms with Crippen LogP contribution in [-0.2, 0) is 11.8 Å². The number of hydrogen-bond donors (Lipinski definition) is 2. The van der Waals surface area contributed by atoms with Gasteiger partial charge in [0, 0.05) is 42.2 Å². The quantitative estimate of drug-likeness (QED) is 0.599. The lowest BCUT2D eigenvalue weighted by Crippen LogP contribution is -2.58. The fourth-order valence-corrected chi connectivity index (χ4v) is 5.24. The lowest BCUT2D eigenvalue weighted by Gasteiger charge is -2.45. The maximum atomic E-state index is 15.5. The molecule has 8 nitrogen and oxygen atoms in total. The van der Waals surface area contributed by atoms with Crippen molar-refractivity contribution in [2.24, 2.45) is 7.05 Å². The van der Waals surface area contributed by atoms with E-state index < -0.39 is 17.8 Å². The van der Waals surface area contributed by atoms with Crippen molar-refractivity contribution in [1.82, 2.24) is 24.6 Å². The van der Waals surface area contributed by atoms with E-state index >= 15 is 4.39 Å². The van der Waals surface area contributed by atoms with Crippen molar-refractivity contribution in [3.63, 3.8) is 0 Å². The number of aliphatic hydroxyl groups excluding tert-OH is 1. The van der Waals surface area contributed by atoms with Crippen LogP contribution in [0.4, 0.5) is 16.2 Å². The van der Waals surface area contributed by atoms with Gasteiger partial charge in [-0.3, -0.25) is 9.58 Å². The second-order valence-corrected chi connectivity index (χ2v) is 9.70. The summed E-state index contributed by atoms with van der Waals surface area (Å²) in [7, 11) is 1.85. The van der Waals surface area contributed by atoms with Gasteiger partial charge in [0.2, 0.25) is 5.95 Å². The molecular weight excluding hydrogens is 447 g/mol. The van der Waals surface area contributed by atoms with Crippen LogP contribution in [-0.4, -0.2) is 73.9 Å². The number of halogens is 2. The minimum atomic E-state index is -1.12. The van der Waals surface area contributed by atoms with Crippen molar-refractivity contribution in [1.29, 1.82) is 0 Å². The summed E-state index contributed by atoms with van der Waals surface area (Å²) in [6, 6.07) is 5.59. The molecule has 0 spiro atoms. The molecule has 176 valence electrons. The van der Waals surface area contributed by atoms with Crippen molar-refractivity contribution >= 4 is 34.3 Å². The van der Waals surface area contributed by atoms with E-state index in [1.54, 1.807) is 16.9 Å². The summed E-state index contributed by atoms with van der Waals surface area (Å²) in [6.45, 7) is 5.44. The summed E-state index contributed by atoms with van der Waals surface area (Å²) in [5, 5.41) is 19.2. The molecule has 4 atom stereocenters. The van der Waals surface area contributed by atoms with Crippen LogP contribution in [0.5, 0.6) is 0 Å². The molecule has 2 aliphatic rings. The highest BCUT2D eigenvalue weighted by Gasteiger charge is 2.47. The zero-order valence-electron chi connectivity index (χ0n) is 18.9. The fraction of sp³-hybridized carbons (Fsp3) is 0.522. The Morgan fingerprint density at radius 2 is 2.15 bits per heavy atom. The zero-order chi connectivity index (χ0) is 23.3. The van der Waals surface area contributed by atoms with Crippen molar-refractivity contribution in [3.8, 4) is 0 Å². The van der Waals surface area contributed by atoms with Gasteiger partial charge in [0.25, 0.3) is 0 Å². The topological polar surface area (TPSA) is 88.3 Å². The van der Waals surface area contributed by atoms with Crippen LogP contribution in [0.25, 0.3) is 10.9 Å². The van der Waals surface area contributed by atoms with E-state index in [-0.39, 0.29) is 12.5 Å². The second kappa shape index (κ2) is 8.47. The molecule has 0 bridgehead atoms. The lowest BCUT2D eigenvalue weighted by atomic mass is 9.84. The predicted octanol–water partition coefficient (Wildman–Crippen LogP) is 3.35. The number of aliphatic hydroxyl groups is 1. The molecule has 2 aliphatic heterocycles. The van der Waals surface area contributed by atoms with Crippen molar-refractivity contribution in [2.75, 3.05) is 31.6 Å². The molecule has 0 amide bonds. The van der Waals surface area contributed by atoms with Gasteiger partial charge in [-0.15, -0.1) is 0 Å². The first-order chi connectivity index (χ1) is 15.7. The van der Waals surface area contributed by atoms with Gasteiger partial charge < -0.3 is 15.2 Å². The first kappa shape index (κ1) is 22.5. The van der Waals surface area contributed by atoms with Crippen LogP contribution >= 0.6 is 11.6 Å². The molecule has 4 heterocycles. The van der Waals surface area contributed by atoms with Crippen LogP contribution in [0, 0.1) is 6.92 Å². The van der Waals surface area contributed by atoms with Crippen molar-refractivity contribution in [3.05, 3.63) is 40.7 Å². The maximum Gasteiger partial charge on any atom is 0.228 e. The summed E-state index contributed by atoms with van der Waals surface area (Å²) in [6.07, 6.45) is 0.576. The zero-order valence-corrected chi connectivity index (χ0v) is 19.7. The van der Waals surface area contributed by atoms with E-state index in [2.05, 4.69) is 20.4 Å². The number of piperidine rings is 1. The molecule has 0 unspecified atom stereocenters. The number of nitrogens with one attached hydrogen (secondary N) is 1. The molecule has 1 aromatic carbocycles. The number of hydrogen-bond acceptors (Lipinski definition) is 7.